The lowest BCUT2D eigenvalue weighted by molar-refractivity contribution is 0.102. The van der Waals surface area contributed by atoms with Crippen LogP contribution in [0.4, 0.5) is 9.52 Å². The number of nitrogens with one attached hydrogen (secondary N) is 2. The molecule has 31 heavy (non-hydrogen) atoms. The quantitative estimate of drug-likeness (QED) is 0.474. The van der Waals surface area contributed by atoms with Crippen molar-refractivity contribution in [2.45, 2.75) is 18.2 Å². The minimum Gasteiger partial charge on any atom is -0.383 e. The van der Waals surface area contributed by atoms with Gasteiger partial charge < -0.3 is 4.74 Å². The summed E-state index contributed by atoms with van der Waals surface area (Å²) in [6.45, 7) is 2.21. The second-order valence-electron chi connectivity index (χ2n) is 6.70. The Labute approximate surface area is 184 Å². The second-order valence-corrected chi connectivity index (χ2v) is 9.55. The Bertz CT molecular complexity index is 1160. The van der Waals surface area contributed by atoms with Crippen LogP contribution in [0.3, 0.4) is 0 Å². The van der Waals surface area contributed by atoms with Crippen LogP contribution in [0.15, 0.2) is 53.4 Å². The van der Waals surface area contributed by atoms with E-state index in [0.717, 1.165) is 16.1 Å². The maximum absolute atomic E-state index is 13.1. The molecule has 0 aliphatic heterocycles. The standard InChI is InChI=1S/C21H22FN3O4S2/c1-14-19(12-15-6-8-17(22)9-7-15)30-21(24-14)25-20(26)16-4-3-5-18(13-16)31(27,28)23-10-11-29-2/h3-9,13,23H,10-12H2,1-2H3,(H,24,25,26). The summed E-state index contributed by atoms with van der Waals surface area (Å²) in [6, 6.07) is 12.0. The molecule has 164 valence electrons. The summed E-state index contributed by atoms with van der Waals surface area (Å²) in [6.07, 6.45) is 0.570. The highest BCUT2D eigenvalue weighted by molar-refractivity contribution is 7.89. The zero-order valence-electron chi connectivity index (χ0n) is 17.0. The van der Waals surface area contributed by atoms with Crippen molar-refractivity contribution in [1.29, 1.82) is 0 Å². The zero-order valence-corrected chi connectivity index (χ0v) is 18.6. The van der Waals surface area contributed by atoms with E-state index in [4.69, 9.17) is 4.74 Å². The molecule has 0 spiro atoms. The Morgan fingerprint density at radius 3 is 2.65 bits per heavy atom. The van der Waals surface area contributed by atoms with Gasteiger partial charge in [0.1, 0.15) is 5.82 Å². The fourth-order valence-corrected chi connectivity index (χ4v) is 4.82. The first kappa shape index (κ1) is 23.0. The molecule has 0 unspecified atom stereocenters. The number of rotatable bonds is 9. The third kappa shape index (κ3) is 6.17. The fourth-order valence-electron chi connectivity index (χ4n) is 2.77. The first-order valence-corrected chi connectivity index (χ1v) is 11.7. The highest BCUT2D eigenvalue weighted by Gasteiger charge is 2.17. The van der Waals surface area contributed by atoms with Crippen LogP contribution in [-0.4, -0.2) is 39.6 Å². The number of aryl methyl sites for hydroxylation is 1. The van der Waals surface area contributed by atoms with Gasteiger partial charge in [-0.15, -0.1) is 11.3 Å². The van der Waals surface area contributed by atoms with Crippen molar-refractivity contribution in [2.75, 3.05) is 25.6 Å². The minimum atomic E-state index is -3.75. The summed E-state index contributed by atoms with van der Waals surface area (Å²) in [5.41, 5.74) is 1.90. The van der Waals surface area contributed by atoms with Gasteiger partial charge in [0.25, 0.3) is 5.91 Å². The van der Waals surface area contributed by atoms with E-state index in [1.54, 1.807) is 12.1 Å². The number of amides is 1. The van der Waals surface area contributed by atoms with Gasteiger partial charge in [-0.2, -0.15) is 0 Å². The number of hydrogen-bond acceptors (Lipinski definition) is 6. The molecule has 10 heteroatoms. The normalized spacial score (nSPS) is 11.5. The lowest BCUT2D eigenvalue weighted by atomic mass is 10.1. The van der Waals surface area contributed by atoms with Crippen LogP contribution in [0, 0.1) is 12.7 Å². The summed E-state index contributed by atoms with van der Waals surface area (Å²) in [5.74, 6) is -0.758. The maximum atomic E-state index is 13.1. The number of sulfonamides is 1. The average Bonchev–Trinajstić information content (AvgIpc) is 3.08. The Morgan fingerprint density at radius 2 is 1.94 bits per heavy atom. The molecule has 7 nitrogen and oxygen atoms in total. The number of hydrogen-bond donors (Lipinski definition) is 2. The molecule has 0 radical (unpaired) electrons. The molecule has 0 fully saturated rings. The predicted octanol–water partition coefficient (Wildman–Crippen LogP) is 3.36. The van der Waals surface area contributed by atoms with E-state index in [2.05, 4.69) is 15.0 Å². The molecule has 3 aromatic rings. The number of anilines is 1. The summed E-state index contributed by atoms with van der Waals surface area (Å²) in [4.78, 5) is 18.0. The van der Waals surface area contributed by atoms with Crippen LogP contribution in [-0.2, 0) is 21.2 Å². The van der Waals surface area contributed by atoms with E-state index in [-0.39, 0.29) is 29.4 Å². The number of methoxy groups -OCH3 is 1. The van der Waals surface area contributed by atoms with Gasteiger partial charge in [-0.25, -0.2) is 22.5 Å². The van der Waals surface area contributed by atoms with Gasteiger partial charge in [-0.1, -0.05) is 18.2 Å². The number of ether oxygens (including phenoxy) is 1. The van der Waals surface area contributed by atoms with E-state index in [9.17, 15) is 17.6 Å². The molecule has 2 aromatic carbocycles. The molecule has 0 saturated heterocycles. The highest BCUT2D eigenvalue weighted by atomic mass is 32.2. The van der Waals surface area contributed by atoms with E-state index in [1.165, 1.54) is 54.8 Å². The van der Waals surface area contributed by atoms with Crippen molar-refractivity contribution in [3.63, 3.8) is 0 Å². The number of halogens is 1. The monoisotopic (exact) mass is 463 g/mol. The minimum absolute atomic E-state index is 0.0106. The fraction of sp³-hybridized carbons (Fsp3) is 0.238. The van der Waals surface area contributed by atoms with Gasteiger partial charge in [0.05, 0.1) is 17.2 Å². The number of carbonyl (C=O) groups excluding carboxylic acids is 1. The molecular weight excluding hydrogens is 441 g/mol. The van der Waals surface area contributed by atoms with E-state index in [1.807, 2.05) is 6.92 Å². The molecule has 3 rings (SSSR count). The molecule has 0 aliphatic carbocycles. The first-order chi connectivity index (χ1) is 14.8. The SMILES string of the molecule is COCCNS(=O)(=O)c1cccc(C(=O)Nc2nc(C)c(Cc3ccc(F)cc3)s2)c1. The molecule has 0 atom stereocenters. The van der Waals surface area contributed by atoms with Crippen molar-refractivity contribution in [1.82, 2.24) is 9.71 Å². The molecule has 1 aromatic heterocycles. The topological polar surface area (TPSA) is 97.4 Å². The van der Waals surface area contributed by atoms with Crippen molar-refractivity contribution < 1.29 is 22.3 Å². The Balaban J connectivity index is 1.71. The molecule has 2 N–H and O–H groups in total. The van der Waals surface area contributed by atoms with E-state index >= 15 is 0 Å². The van der Waals surface area contributed by atoms with Crippen molar-refractivity contribution in [3.05, 3.63) is 76.0 Å². The Morgan fingerprint density at radius 1 is 1.19 bits per heavy atom. The molecule has 0 saturated carbocycles. The molecule has 0 aliphatic rings. The summed E-state index contributed by atoms with van der Waals surface area (Å²) < 4.78 is 45.0. The van der Waals surface area contributed by atoms with Crippen molar-refractivity contribution in [2.24, 2.45) is 0 Å². The van der Waals surface area contributed by atoms with Crippen LogP contribution < -0.4 is 10.0 Å². The maximum Gasteiger partial charge on any atom is 0.257 e. The van der Waals surface area contributed by atoms with Gasteiger partial charge in [-0.3, -0.25) is 10.1 Å². The Kier molecular flexibility index (Phi) is 7.50. The number of carbonyl (C=O) groups is 1. The van der Waals surface area contributed by atoms with Crippen molar-refractivity contribution >= 4 is 32.4 Å². The lowest BCUT2D eigenvalue weighted by Gasteiger charge is -2.08. The van der Waals surface area contributed by atoms with Crippen LogP contribution in [0.1, 0.15) is 26.5 Å². The van der Waals surface area contributed by atoms with Gasteiger partial charge >= 0.3 is 0 Å². The number of benzene rings is 2. The lowest BCUT2D eigenvalue weighted by Crippen LogP contribution is -2.27. The summed E-state index contributed by atoms with van der Waals surface area (Å²) in [5, 5.41) is 3.13. The Hall–Kier alpha value is -2.66. The second kappa shape index (κ2) is 10.1. The van der Waals surface area contributed by atoms with Gasteiger partial charge in [-0.05, 0) is 42.8 Å². The molecule has 0 bridgehead atoms. The molecular formula is C21H22FN3O4S2. The van der Waals surface area contributed by atoms with Gasteiger partial charge in [0.2, 0.25) is 10.0 Å². The number of nitrogens with zero attached hydrogens (tertiary/aromatic N) is 1. The zero-order chi connectivity index (χ0) is 22.4. The largest absolute Gasteiger partial charge is 0.383 e. The van der Waals surface area contributed by atoms with Crippen molar-refractivity contribution in [3.8, 4) is 0 Å². The predicted molar refractivity (Wildman–Crippen MR) is 118 cm³/mol. The van der Waals surface area contributed by atoms with Crippen LogP contribution >= 0.6 is 11.3 Å². The number of aromatic nitrogens is 1. The number of thiazole rings is 1. The average molecular weight is 464 g/mol. The van der Waals surface area contributed by atoms with Gasteiger partial charge in [0, 0.05) is 30.5 Å². The molecule has 1 amide bonds. The first-order valence-electron chi connectivity index (χ1n) is 9.39. The highest BCUT2D eigenvalue weighted by Crippen LogP contribution is 2.26. The van der Waals surface area contributed by atoms with Crippen LogP contribution in [0.2, 0.25) is 0 Å². The third-order valence-corrected chi connectivity index (χ3v) is 6.93. The summed E-state index contributed by atoms with van der Waals surface area (Å²) in [7, 11) is -2.27. The van der Waals surface area contributed by atoms with E-state index < -0.39 is 15.9 Å². The molecule has 1 heterocycles. The van der Waals surface area contributed by atoms with Gasteiger partial charge in [0.15, 0.2) is 5.13 Å². The smallest absolute Gasteiger partial charge is 0.257 e. The van der Waals surface area contributed by atoms with Crippen LogP contribution in [0.5, 0.6) is 0 Å². The third-order valence-electron chi connectivity index (χ3n) is 4.40. The van der Waals surface area contributed by atoms with Crippen LogP contribution in [0.25, 0.3) is 0 Å². The van der Waals surface area contributed by atoms with E-state index in [0.29, 0.717) is 11.6 Å². The summed E-state index contributed by atoms with van der Waals surface area (Å²) >= 11 is 1.32.